The first-order chi connectivity index (χ1) is 12.3. The van der Waals surface area contributed by atoms with E-state index in [1.807, 2.05) is 0 Å². The molecule has 134 valence electrons. The Kier molecular flexibility index (Phi) is 4.70. The molecule has 2 aromatic carbocycles. The fourth-order valence-electron chi connectivity index (χ4n) is 2.21. The van der Waals surface area contributed by atoms with E-state index in [1.54, 1.807) is 17.5 Å². The van der Waals surface area contributed by atoms with Crippen molar-refractivity contribution in [2.75, 3.05) is 0 Å². The van der Waals surface area contributed by atoms with Crippen molar-refractivity contribution in [3.05, 3.63) is 75.7 Å². The zero-order valence-corrected chi connectivity index (χ0v) is 14.4. The highest BCUT2D eigenvalue weighted by Crippen LogP contribution is 2.37. The number of thiophene rings is 1. The smallest absolute Gasteiger partial charge is 0.345 e. The molecule has 0 atom stereocenters. The van der Waals surface area contributed by atoms with E-state index >= 15 is 0 Å². The van der Waals surface area contributed by atoms with Crippen LogP contribution in [0.3, 0.4) is 0 Å². The van der Waals surface area contributed by atoms with Crippen molar-refractivity contribution in [2.45, 2.75) is 4.90 Å². The Morgan fingerprint density at radius 3 is 2.31 bits per heavy atom. The van der Waals surface area contributed by atoms with Gasteiger partial charge in [0.1, 0.15) is 11.6 Å². The van der Waals surface area contributed by atoms with E-state index < -0.39 is 31.6 Å². The van der Waals surface area contributed by atoms with Gasteiger partial charge >= 0.3 is 10.1 Å². The Morgan fingerprint density at radius 2 is 1.73 bits per heavy atom. The van der Waals surface area contributed by atoms with Crippen molar-refractivity contribution in [3.63, 3.8) is 0 Å². The van der Waals surface area contributed by atoms with Gasteiger partial charge in [0.05, 0.1) is 4.92 Å². The van der Waals surface area contributed by atoms with Crippen LogP contribution in [0.2, 0.25) is 0 Å². The molecule has 10 heteroatoms. The molecule has 0 bridgehead atoms. The molecule has 0 unspecified atom stereocenters. The van der Waals surface area contributed by atoms with Crippen LogP contribution in [-0.2, 0) is 10.1 Å². The van der Waals surface area contributed by atoms with Crippen LogP contribution in [0.4, 0.5) is 14.5 Å². The molecule has 0 fully saturated rings. The molecule has 6 nitrogen and oxygen atoms in total. The van der Waals surface area contributed by atoms with Gasteiger partial charge in [-0.1, -0.05) is 12.1 Å². The predicted molar refractivity (Wildman–Crippen MR) is 90.6 cm³/mol. The average Bonchev–Trinajstić information content (AvgIpc) is 3.08. The summed E-state index contributed by atoms with van der Waals surface area (Å²) < 4.78 is 57.2. The highest BCUT2D eigenvalue weighted by Gasteiger charge is 2.28. The molecular weight excluding hydrogens is 388 g/mol. The Bertz CT molecular complexity index is 1060. The molecule has 3 rings (SSSR count). The summed E-state index contributed by atoms with van der Waals surface area (Å²) in [7, 11) is -4.84. The van der Waals surface area contributed by atoms with Crippen LogP contribution in [0.15, 0.2) is 58.8 Å². The predicted octanol–water partition coefficient (Wildman–Crippen LogP) is 4.37. The lowest BCUT2D eigenvalue weighted by atomic mass is 10.1. The molecule has 0 aliphatic rings. The van der Waals surface area contributed by atoms with Crippen molar-refractivity contribution in [2.24, 2.45) is 0 Å². The molecule has 0 aliphatic heterocycles. The second kappa shape index (κ2) is 6.81. The van der Waals surface area contributed by atoms with Crippen LogP contribution in [0.5, 0.6) is 5.75 Å². The summed E-state index contributed by atoms with van der Waals surface area (Å²) in [6.07, 6.45) is 0. The van der Waals surface area contributed by atoms with E-state index in [1.165, 1.54) is 11.3 Å². The maximum atomic E-state index is 13.8. The van der Waals surface area contributed by atoms with Crippen LogP contribution < -0.4 is 4.18 Å². The summed E-state index contributed by atoms with van der Waals surface area (Å²) in [4.78, 5) is 9.60. The maximum absolute atomic E-state index is 13.8. The molecule has 0 N–H and O–H groups in total. The summed E-state index contributed by atoms with van der Waals surface area (Å²) in [5, 5.41) is 12.7. The molecule has 1 aromatic heterocycles. The van der Waals surface area contributed by atoms with E-state index in [-0.39, 0.29) is 17.0 Å². The van der Waals surface area contributed by atoms with Crippen LogP contribution >= 0.6 is 11.3 Å². The van der Waals surface area contributed by atoms with Crippen molar-refractivity contribution < 1.29 is 26.3 Å². The van der Waals surface area contributed by atoms with Crippen LogP contribution in [-0.4, -0.2) is 13.3 Å². The van der Waals surface area contributed by atoms with Gasteiger partial charge < -0.3 is 4.18 Å². The summed E-state index contributed by atoms with van der Waals surface area (Å²) in [5.74, 6) is -2.88. The minimum absolute atomic E-state index is 0.120. The average molecular weight is 397 g/mol. The van der Waals surface area contributed by atoms with Gasteiger partial charge in [0.15, 0.2) is 10.6 Å². The van der Waals surface area contributed by atoms with Gasteiger partial charge in [-0.3, -0.25) is 10.1 Å². The van der Waals surface area contributed by atoms with Gasteiger partial charge in [-0.2, -0.15) is 8.42 Å². The first-order valence-electron chi connectivity index (χ1n) is 7.00. The number of hydrogen-bond donors (Lipinski definition) is 0. The number of non-ortho nitro benzene ring substituents is 1. The van der Waals surface area contributed by atoms with E-state index in [2.05, 4.69) is 0 Å². The second-order valence-electron chi connectivity index (χ2n) is 5.00. The molecule has 26 heavy (non-hydrogen) atoms. The van der Waals surface area contributed by atoms with E-state index in [0.29, 0.717) is 4.88 Å². The summed E-state index contributed by atoms with van der Waals surface area (Å²) in [6.45, 7) is 0. The lowest BCUT2D eigenvalue weighted by Gasteiger charge is -2.11. The largest absolute Gasteiger partial charge is 0.378 e. The number of hydrogen-bond acceptors (Lipinski definition) is 6. The molecular formula is C16H9F2NO5S2. The second-order valence-corrected chi connectivity index (χ2v) is 7.43. The molecule has 0 aliphatic carbocycles. The van der Waals surface area contributed by atoms with Gasteiger partial charge in [0.25, 0.3) is 5.69 Å². The third-order valence-electron chi connectivity index (χ3n) is 3.33. The molecule has 0 radical (unpaired) electrons. The first-order valence-corrected chi connectivity index (χ1v) is 9.29. The monoisotopic (exact) mass is 397 g/mol. The normalized spacial score (nSPS) is 11.3. The zero-order chi connectivity index (χ0) is 18.9. The van der Waals surface area contributed by atoms with Crippen LogP contribution in [0.1, 0.15) is 0 Å². The minimum atomic E-state index is -4.84. The van der Waals surface area contributed by atoms with Gasteiger partial charge in [0.2, 0.25) is 0 Å². The standard InChI is InChI=1S/C16H9F2NO5S2/c17-12-3-1-4-13(18)16(12)26(22,23)24-14-7-6-10(19(20)21)9-11(14)15-5-2-8-25-15/h1-9H. The number of nitro groups is 1. The fourth-order valence-corrected chi connectivity index (χ4v) is 4.04. The van der Waals surface area contributed by atoms with Crippen molar-refractivity contribution in [1.82, 2.24) is 0 Å². The number of benzene rings is 2. The molecule has 3 aromatic rings. The Balaban J connectivity index is 2.11. The summed E-state index contributed by atoms with van der Waals surface area (Å²) >= 11 is 1.19. The van der Waals surface area contributed by atoms with E-state index in [4.69, 9.17) is 4.18 Å². The maximum Gasteiger partial charge on any atom is 0.345 e. The molecule has 0 saturated carbocycles. The number of nitrogens with zero attached hydrogens (tertiary/aromatic N) is 1. The van der Waals surface area contributed by atoms with Gasteiger partial charge in [0, 0.05) is 22.6 Å². The fraction of sp³-hybridized carbons (Fsp3) is 0. The van der Waals surface area contributed by atoms with Gasteiger partial charge in [-0.05, 0) is 29.6 Å². The summed E-state index contributed by atoms with van der Waals surface area (Å²) in [5.41, 5.74) is -0.162. The summed E-state index contributed by atoms with van der Waals surface area (Å²) in [6, 6.07) is 9.11. The van der Waals surface area contributed by atoms with E-state index in [9.17, 15) is 27.3 Å². The third-order valence-corrected chi connectivity index (χ3v) is 5.52. The Hall–Kier alpha value is -2.85. The van der Waals surface area contributed by atoms with Crippen molar-refractivity contribution >= 4 is 27.1 Å². The molecule has 0 spiro atoms. The Labute approximate surface area is 150 Å². The van der Waals surface area contributed by atoms with Gasteiger partial charge in [-0.25, -0.2) is 8.78 Å². The number of nitro benzene ring substituents is 1. The van der Waals surface area contributed by atoms with Gasteiger partial charge in [-0.15, -0.1) is 11.3 Å². The number of halogens is 2. The number of rotatable bonds is 5. The highest BCUT2D eigenvalue weighted by atomic mass is 32.2. The van der Waals surface area contributed by atoms with Crippen LogP contribution in [0.25, 0.3) is 10.4 Å². The molecule has 0 saturated heterocycles. The van der Waals surface area contributed by atoms with Crippen molar-refractivity contribution in [1.29, 1.82) is 0 Å². The lowest BCUT2D eigenvalue weighted by molar-refractivity contribution is -0.384. The topological polar surface area (TPSA) is 86.5 Å². The van der Waals surface area contributed by atoms with E-state index in [0.717, 1.165) is 36.4 Å². The minimum Gasteiger partial charge on any atom is -0.378 e. The van der Waals surface area contributed by atoms with Crippen molar-refractivity contribution in [3.8, 4) is 16.2 Å². The van der Waals surface area contributed by atoms with Crippen LogP contribution in [0, 0.1) is 21.7 Å². The SMILES string of the molecule is O=[N+]([O-])c1ccc(OS(=O)(=O)c2c(F)cccc2F)c(-c2cccs2)c1. The molecule has 0 amide bonds. The molecule has 1 heterocycles. The Morgan fingerprint density at radius 1 is 1.04 bits per heavy atom. The highest BCUT2D eigenvalue weighted by molar-refractivity contribution is 7.87. The zero-order valence-electron chi connectivity index (χ0n) is 12.8. The lowest BCUT2D eigenvalue weighted by Crippen LogP contribution is -2.14. The quantitative estimate of drug-likeness (QED) is 0.362. The third kappa shape index (κ3) is 3.41. The first kappa shape index (κ1) is 18.0.